The van der Waals surface area contributed by atoms with Gasteiger partial charge in [-0.25, -0.2) is 0 Å². The Kier molecular flexibility index (Phi) is 4.46. The van der Waals surface area contributed by atoms with Crippen LogP contribution in [0.25, 0.3) is 17.0 Å². The SMILES string of the molecule is CO[C@]12C(=O)N3/C=C\C(C)(C)c4[nH]c5c6c(ccc5c4C[C@H]3C(=O)N1CC[C@@H]2O)OC(C)(C)C=C6. The number of H-pyrrole nitrogens is 1. The second kappa shape index (κ2) is 6.98. The molecule has 2 N–H and O–H groups in total. The maximum Gasteiger partial charge on any atom is 0.283 e. The third-order valence-electron chi connectivity index (χ3n) is 8.02. The molecule has 5 heterocycles. The number of piperazine rings is 1. The zero-order valence-corrected chi connectivity index (χ0v) is 20.7. The second-order valence-electron chi connectivity index (χ2n) is 11.1. The number of fused-ring (bicyclic) bond motifs is 7. The van der Waals surface area contributed by atoms with E-state index >= 15 is 0 Å². The van der Waals surface area contributed by atoms with E-state index in [9.17, 15) is 14.7 Å². The van der Waals surface area contributed by atoms with Gasteiger partial charge >= 0.3 is 0 Å². The molecule has 8 nitrogen and oxygen atoms in total. The van der Waals surface area contributed by atoms with Crippen LogP contribution in [0.3, 0.4) is 0 Å². The molecule has 2 amide bonds. The average Bonchev–Trinajstić information content (AvgIpc) is 3.34. The Morgan fingerprint density at radius 1 is 1.17 bits per heavy atom. The fraction of sp³-hybridized carbons (Fsp3) is 0.481. The van der Waals surface area contributed by atoms with Crippen LogP contribution >= 0.6 is 0 Å². The van der Waals surface area contributed by atoms with E-state index in [0.29, 0.717) is 12.8 Å². The van der Waals surface area contributed by atoms with Gasteiger partial charge in [0.1, 0.15) is 23.5 Å². The van der Waals surface area contributed by atoms with Crippen molar-refractivity contribution in [2.24, 2.45) is 0 Å². The van der Waals surface area contributed by atoms with E-state index in [-0.39, 0.29) is 18.1 Å². The van der Waals surface area contributed by atoms with Gasteiger partial charge in [0.05, 0.1) is 5.52 Å². The third-order valence-corrected chi connectivity index (χ3v) is 8.02. The van der Waals surface area contributed by atoms with E-state index in [1.54, 1.807) is 6.20 Å². The van der Waals surface area contributed by atoms with Crippen LogP contribution in [0.4, 0.5) is 0 Å². The minimum Gasteiger partial charge on any atom is -0.483 e. The summed E-state index contributed by atoms with van der Waals surface area (Å²) in [6.07, 6.45) is 7.37. The summed E-state index contributed by atoms with van der Waals surface area (Å²) < 4.78 is 11.8. The van der Waals surface area contributed by atoms with Gasteiger partial charge in [-0.1, -0.05) is 19.9 Å². The number of aromatic nitrogens is 1. The lowest BCUT2D eigenvalue weighted by molar-refractivity contribution is -0.210. The monoisotopic (exact) mass is 477 g/mol. The molecule has 184 valence electrons. The number of ether oxygens (including phenoxy) is 2. The normalized spacial score (nSPS) is 31.3. The van der Waals surface area contributed by atoms with Gasteiger partial charge in [0, 0.05) is 48.3 Å². The molecule has 0 saturated carbocycles. The van der Waals surface area contributed by atoms with Gasteiger partial charge in [-0.2, -0.15) is 0 Å². The summed E-state index contributed by atoms with van der Waals surface area (Å²) in [5, 5.41) is 11.7. The van der Waals surface area contributed by atoms with Crippen molar-refractivity contribution in [2.45, 2.75) is 69.4 Å². The van der Waals surface area contributed by atoms with Crippen molar-refractivity contribution in [3.05, 3.63) is 47.3 Å². The lowest BCUT2D eigenvalue weighted by atomic mass is 9.82. The van der Waals surface area contributed by atoms with Crippen LogP contribution in [0.2, 0.25) is 0 Å². The van der Waals surface area contributed by atoms with Crippen molar-refractivity contribution < 1.29 is 24.2 Å². The Labute approximate surface area is 204 Å². The summed E-state index contributed by atoms with van der Waals surface area (Å²) in [6, 6.07) is 3.30. The number of nitrogens with zero attached hydrogens (tertiary/aromatic N) is 2. The van der Waals surface area contributed by atoms with Crippen LogP contribution in [0.1, 0.15) is 50.9 Å². The number of allylic oxidation sites excluding steroid dienone is 1. The number of hydrogen-bond acceptors (Lipinski definition) is 5. The smallest absolute Gasteiger partial charge is 0.283 e. The summed E-state index contributed by atoms with van der Waals surface area (Å²) in [4.78, 5) is 34.1. The van der Waals surface area contributed by atoms with Gasteiger partial charge in [0.25, 0.3) is 11.6 Å². The van der Waals surface area contributed by atoms with Crippen LogP contribution in [-0.4, -0.2) is 68.8 Å². The molecule has 0 bridgehead atoms. The lowest BCUT2D eigenvalue weighted by Gasteiger charge is -2.48. The van der Waals surface area contributed by atoms with Crippen molar-refractivity contribution in [3.8, 4) is 5.75 Å². The van der Waals surface area contributed by atoms with Gasteiger partial charge in [0.15, 0.2) is 0 Å². The average molecular weight is 478 g/mol. The van der Waals surface area contributed by atoms with Crippen LogP contribution in [0.5, 0.6) is 5.75 Å². The Balaban J connectivity index is 1.52. The molecule has 4 aliphatic rings. The highest BCUT2D eigenvalue weighted by molar-refractivity contribution is 6.02. The summed E-state index contributed by atoms with van der Waals surface area (Å²) in [5.41, 5.74) is 1.48. The van der Waals surface area contributed by atoms with Gasteiger partial charge in [-0.3, -0.25) is 9.59 Å². The molecule has 6 rings (SSSR count). The molecule has 0 spiro atoms. The molecule has 0 aliphatic carbocycles. The number of carbonyl (C=O) groups excluding carboxylic acids is 2. The molecule has 4 aliphatic heterocycles. The van der Waals surface area contributed by atoms with Crippen molar-refractivity contribution in [1.29, 1.82) is 0 Å². The lowest BCUT2D eigenvalue weighted by Crippen LogP contribution is -2.72. The molecule has 1 aromatic heterocycles. The molecule has 0 unspecified atom stereocenters. The number of rotatable bonds is 1. The fourth-order valence-electron chi connectivity index (χ4n) is 6.12. The topological polar surface area (TPSA) is 95.1 Å². The summed E-state index contributed by atoms with van der Waals surface area (Å²) in [6.45, 7) is 8.49. The van der Waals surface area contributed by atoms with E-state index < -0.39 is 29.2 Å². The number of methoxy groups -OCH3 is 1. The fourth-order valence-corrected chi connectivity index (χ4v) is 6.12. The standard InChI is InChI=1S/C27H31N3O5/c1-25(2)11-13-29-18(23(32)30-12-9-20(31)27(30,34-5)24(29)33)14-17-15-6-7-19-16(21(15)28-22(17)25)8-10-26(3,4)35-19/h6-8,10-11,13,18,20,28,31H,9,12,14H2,1-5H3/b13-11-/t18-,20-,27+/m0/s1. The molecule has 2 saturated heterocycles. The highest BCUT2D eigenvalue weighted by Gasteiger charge is 2.63. The zero-order valence-electron chi connectivity index (χ0n) is 20.7. The first-order valence-electron chi connectivity index (χ1n) is 12.1. The number of carbonyl (C=O) groups is 2. The van der Waals surface area contributed by atoms with E-state index in [1.807, 2.05) is 38.1 Å². The van der Waals surface area contributed by atoms with Crippen LogP contribution in [0, 0.1) is 0 Å². The Morgan fingerprint density at radius 3 is 2.69 bits per heavy atom. The number of hydrogen-bond donors (Lipinski definition) is 2. The highest BCUT2D eigenvalue weighted by atomic mass is 16.5. The quantitative estimate of drug-likeness (QED) is 0.659. The maximum atomic E-state index is 13.8. The molecule has 2 fully saturated rings. The van der Waals surface area contributed by atoms with Gasteiger partial charge < -0.3 is 29.4 Å². The summed E-state index contributed by atoms with van der Waals surface area (Å²) >= 11 is 0. The van der Waals surface area contributed by atoms with Crippen molar-refractivity contribution in [2.75, 3.05) is 13.7 Å². The number of aromatic amines is 1. The number of benzene rings is 1. The van der Waals surface area contributed by atoms with Gasteiger partial charge in [-0.15, -0.1) is 0 Å². The maximum absolute atomic E-state index is 13.8. The molecule has 0 radical (unpaired) electrons. The zero-order chi connectivity index (χ0) is 24.9. The molecule has 2 aromatic rings. The van der Waals surface area contributed by atoms with Crippen LogP contribution in [-0.2, 0) is 26.2 Å². The minimum absolute atomic E-state index is 0.212. The van der Waals surface area contributed by atoms with E-state index in [4.69, 9.17) is 9.47 Å². The third kappa shape index (κ3) is 2.87. The van der Waals surface area contributed by atoms with Gasteiger partial charge in [0.2, 0.25) is 5.91 Å². The molecule has 8 heteroatoms. The van der Waals surface area contributed by atoms with Crippen LogP contribution in [0.15, 0.2) is 30.5 Å². The Hall–Kier alpha value is -3.10. The first-order valence-corrected chi connectivity index (χ1v) is 12.1. The number of amides is 2. The van der Waals surface area contributed by atoms with Crippen molar-refractivity contribution in [1.82, 2.24) is 14.8 Å². The molecule has 3 atom stereocenters. The number of nitrogens with one attached hydrogen (secondary N) is 1. The summed E-state index contributed by atoms with van der Waals surface area (Å²) in [5.74, 6) is 0.200. The predicted molar refractivity (Wildman–Crippen MR) is 131 cm³/mol. The van der Waals surface area contributed by atoms with E-state index in [0.717, 1.165) is 33.5 Å². The predicted octanol–water partition coefficient (Wildman–Crippen LogP) is 2.85. The molecule has 1 aromatic carbocycles. The molecule has 35 heavy (non-hydrogen) atoms. The highest BCUT2D eigenvalue weighted by Crippen LogP contribution is 2.44. The first kappa shape index (κ1) is 22.4. The molecular formula is C27H31N3O5. The van der Waals surface area contributed by atoms with Crippen molar-refractivity contribution in [3.63, 3.8) is 0 Å². The number of aliphatic hydroxyl groups excluding tert-OH is 1. The summed E-state index contributed by atoms with van der Waals surface area (Å²) in [7, 11) is 1.38. The second-order valence-corrected chi connectivity index (χ2v) is 11.1. The number of aliphatic hydroxyl groups is 1. The van der Waals surface area contributed by atoms with E-state index in [1.165, 1.54) is 16.9 Å². The first-order chi connectivity index (χ1) is 16.5. The Bertz CT molecular complexity index is 1340. The Morgan fingerprint density at radius 2 is 1.94 bits per heavy atom. The van der Waals surface area contributed by atoms with Gasteiger partial charge in [-0.05, 0) is 50.1 Å². The van der Waals surface area contributed by atoms with Crippen molar-refractivity contribution >= 4 is 28.8 Å². The minimum atomic E-state index is -1.67. The largest absolute Gasteiger partial charge is 0.483 e. The van der Waals surface area contributed by atoms with Crippen LogP contribution < -0.4 is 4.74 Å². The van der Waals surface area contributed by atoms with E-state index in [2.05, 4.69) is 24.9 Å². The molecular weight excluding hydrogens is 446 g/mol.